The average molecular weight is 359 g/mol. The van der Waals surface area contributed by atoms with Gasteiger partial charge < -0.3 is 15.7 Å². The van der Waals surface area contributed by atoms with Crippen molar-refractivity contribution in [3.05, 3.63) is 24.0 Å². The summed E-state index contributed by atoms with van der Waals surface area (Å²) in [5.41, 5.74) is 0.114. The summed E-state index contributed by atoms with van der Waals surface area (Å²) >= 11 is 0. The monoisotopic (exact) mass is 359 g/mol. The molecule has 0 bridgehead atoms. The lowest BCUT2D eigenvalue weighted by atomic mass is 10.3. The molecule has 1 aliphatic carbocycles. The van der Waals surface area contributed by atoms with Gasteiger partial charge in [-0.25, -0.2) is 22.3 Å². The van der Waals surface area contributed by atoms with Crippen molar-refractivity contribution in [2.24, 2.45) is 0 Å². The second-order valence-corrected chi connectivity index (χ2v) is 7.10. The fourth-order valence-electron chi connectivity index (χ4n) is 1.89. The summed E-state index contributed by atoms with van der Waals surface area (Å²) in [7, 11) is -3.98. The van der Waals surface area contributed by atoms with Crippen LogP contribution in [-0.2, 0) is 14.8 Å². The minimum absolute atomic E-state index is 0.0773. The highest BCUT2D eigenvalue weighted by Crippen LogP contribution is 2.25. The number of nitrogens with one attached hydrogen (secondary N) is 3. The molecular weight excluding hydrogens is 341 g/mol. The first kappa shape index (κ1) is 18.1. The lowest BCUT2D eigenvalue weighted by Crippen LogP contribution is -2.30. The molecular formula is C14H18FN3O5S. The van der Waals surface area contributed by atoms with Gasteiger partial charge in [-0.2, -0.15) is 0 Å². The summed E-state index contributed by atoms with van der Waals surface area (Å²) in [4.78, 5) is 21.5. The highest BCUT2D eigenvalue weighted by molar-refractivity contribution is 7.89. The molecule has 1 fully saturated rings. The van der Waals surface area contributed by atoms with Crippen molar-refractivity contribution in [2.75, 3.05) is 11.9 Å². The van der Waals surface area contributed by atoms with Crippen molar-refractivity contribution in [1.29, 1.82) is 0 Å². The van der Waals surface area contributed by atoms with Crippen LogP contribution < -0.4 is 15.4 Å². The zero-order valence-electron chi connectivity index (χ0n) is 12.7. The Morgan fingerprint density at radius 1 is 1.29 bits per heavy atom. The summed E-state index contributed by atoms with van der Waals surface area (Å²) < 4.78 is 40.3. The van der Waals surface area contributed by atoms with Gasteiger partial charge in [0, 0.05) is 24.7 Å². The van der Waals surface area contributed by atoms with E-state index in [-0.39, 0.29) is 31.1 Å². The Balaban J connectivity index is 1.97. The van der Waals surface area contributed by atoms with Gasteiger partial charge in [-0.15, -0.1) is 0 Å². The fourth-order valence-corrected chi connectivity index (χ4v) is 3.30. The molecule has 0 heterocycles. The molecule has 0 unspecified atom stereocenters. The number of benzene rings is 1. The predicted octanol–water partition coefficient (Wildman–Crippen LogP) is 1.25. The molecule has 2 rings (SSSR count). The highest BCUT2D eigenvalue weighted by atomic mass is 32.2. The number of amides is 2. The number of carboxylic acids is 1. The van der Waals surface area contributed by atoms with Crippen LogP contribution in [0.15, 0.2) is 23.1 Å². The molecule has 2 amide bonds. The predicted molar refractivity (Wildman–Crippen MR) is 83.6 cm³/mol. The van der Waals surface area contributed by atoms with Gasteiger partial charge in [0.05, 0.1) is 0 Å². The standard InChI is InChI=1S/C14H18FN3O5S/c15-11-6-5-10(17-14(21)16-7-1-2-13(19)20)8-12(11)24(22,23)18-9-3-4-9/h5-6,8-9,18H,1-4,7H2,(H,19,20)(H2,16,17,21). The van der Waals surface area contributed by atoms with E-state index in [1.807, 2.05) is 0 Å². The van der Waals surface area contributed by atoms with Crippen LogP contribution in [0.4, 0.5) is 14.9 Å². The van der Waals surface area contributed by atoms with E-state index in [9.17, 15) is 22.4 Å². The van der Waals surface area contributed by atoms with Gasteiger partial charge in [0.25, 0.3) is 0 Å². The molecule has 0 aliphatic heterocycles. The largest absolute Gasteiger partial charge is 0.481 e. The van der Waals surface area contributed by atoms with Crippen LogP contribution in [0.1, 0.15) is 25.7 Å². The summed E-state index contributed by atoms with van der Waals surface area (Å²) in [5.74, 6) is -1.87. The van der Waals surface area contributed by atoms with Crippen LogP contribution in [0, 0.1) is 5.82 Å². The van der Waals surface area contributed by atoms with E-state index in [4.69, 9.17) is 5.11 Å². The number of carbonyl (C=O) groups is 2. The lowest BCUT2D eigenvalue weighted by molar-refractivity contribution is -0.137. The van der Waals surface area contributed by atoms with Gasteiger partial charge in [0.15, 0.2) is 0 Å². The molecule has 8 nitrogen and oxygen atoms in total. The maximum atomic E-state index is 13.8. The van der Waals surface area contributed by atoms with E-state index in [0.29, 0.717) is 0 Å². The number of anilines is 1. The van der Waals surface area contributed by atoms with Crippen molar-refractivity contribution >= 4 is 27.7 Å². The summed E-state index contributed by atoms with van der Waals surface area (Å²) in [6.45, 7) is 0.147. The van der Waals surface area contributed by atoms with E-state index in [1.165, 1.54) is 6.07 Å². The Hall–Kier alpha value is -2.20. The van der Waals surface area contributed by atoms with Crippen molar-refractivity contribution in [1.82, 2.24) is 10.0 Å². The number of halogens is 1. The maximum Gasteiger partial charge on any atom is 0.319 e. The molecule has 24 heavy (non-hydrogen) atoms. The van der Waals surface area contributed by atoms with Crippen molar-refractivity contribution in [3.63, 3.8) is 0 Å². The molecule has 1 saturated carbocycles. The minimum Gasteiger partial charge on any atom is -0.481 e. The second kappa shape index (κ2) is 7.58. The van der Waals surface area contributed by atoms with Gasteiger partial charge in [0.1, 0.15) is 10.7 Å². The Bertz CT molecular complexity index is 734. The molecule has 132 valence electrons. The van der Waals surface area contributed by atoms with Crippen molar-refractivity contribution in [3.8, 4) is 0 Å². The number of rotatable bonds is 8. The highest BCUT2D eigenvalue weighted by Gasteiger charge is 2.29. The molecule has 1 aromatic carbocycles. The lowest BCUT2D eigenvalue weighted by Gasteiger charge is -2.10. The molecule has 0 spiro atoms. The van der Waals surface area contributed by atoms with Crippen LogP contribution in [0.5, 0.6) is 0 Å². The van der Waals surface area contributed by atoms with Crippen LogP contribution >= 0.6 is 0 Å². The minimum atomic E-state index is -3.98. The summed E-state index contributed by atoms with van der Waals surface area (Å²) in [6, 6.07) is 2.44. The van der Waals surface area contributed by atoms with Crippen LogP contribution in [-0.4, -0.2) is 38.1 Å². The molecule has 0 aromatic heterocycles. The van der Waals surface area contributed by atoms with Gasteiger partial charge in [-0.3, -0.25) is 4.79 Å². The molecule has 4 N–H and O–H groups in total. The Morgan fingerprint density at radius 2 is 2.00 bits per heavy atom. The summed E-state index contributed by atoms with van der Waals surface area (Å²) in [6.07, 6.45) is 1.62. The SMILES string of the molecule is O=C(O)CCCNC(=O)Nc1ccc(F)c(S(=O)(=O)NC2CC2)c1. The maximum absolute atomic E-state index is 13.8. The number of urea groups is 1. The number of hydrogen-bond donors (Lipinski definition) is 4. The van der Waals surface area contributed by atoms with Crippen molar-refractivity contribution in [2.45, 2.75) is 36.6 Å². The van der Waals surface area contributed by atoms with Gasteiger partial charge in [0.2, 0.25) is 10.0 Å². The third-order valence-electron chi connectivity index (χ3n) is 3.23. The smallest absolute Gasteiger partial charge is 0.319 e. The zero-order chi connectivity index (χ0) is 17.7. The quantitative estimate of drug-likeness (QED) is 0.520. The molecule has 0 atom stereocenters. The summed E-state index contributed by atoms with van der Waals surface area (Å²) in [5, 5.41) is 13.3. The van der Waals surface area contributed by atoms with Crippen molar-refractivity contribution < 1.29 is 27.5 Å². The van der Waals surface area contributed by atoms with E-state index >= 15 is 0 Å². The van der Waals surface area contributed by atoms with E-state index in [1.54, 1.807) is 0 Å². The third kappa shape index (κ3) is 5.46. The average Bonchev–Trinajstić information content (AvgIpc) is 3.28. The Labute approximate surface area is 138 Å². The molecule has 10 heteroatoms. The Morgan fingerprint density at radius 3 is 2.62 bits per heavy atom. The topological polar surface area (TPSA) is 125 Å². The first-order valence-corrected chi connectivity index (χ1v) is 8.85. The first-order valence-electron chi connectivity index (χ1n) is 7.36. The van der Waals surface area contributed by atoms with Crippen LogP contribution in [0.3, 0.4) is 0 Å². The zero-order valence-corrected chi connectivity index (χ0v) is 13.5. The number of aliphatic carboxylic acids is 1. The number of carboxylic acid groups (broad SMARTS) is 1. The van der Waals surface area contributed by atoms with Gasteiger partial charge in [-0.1, -0.05) is 0 Å². The third-order valence-corrected chi connectivity index (χ3v) is 4.77. The van der Waals surface area contributed by atoms with E-state index in [0.717, 1.165) is 25.0 Å². The molecule has 1 aromatic rings. The molecule has 1 aliphatic rings. The van der Waals surface area contributed by atoms with Crippen LogP contribution in [0.2, 0.25) is 0 Å². The van der Waals surface area contributed by atoms with Gasteiger partial charge >= 0.3 is 12.0 Å². The molecule has 0 radical (unpaired) electrons. The van der Waals surface area contributed by atoms with E-state index < -0.39 is 32.7 Å². The second-order valence-electron chi connectivity index (χ2n) is 5.42. The van der Waals surface area contributed by atoms with Gasteiger partial charge in [-0.05, 0) is 37.5 Å². The number of hydrogen-bond acceptors (Lipinski definition) is 4. The van der Waals surface area contributed by atoms with E-state index in [2.05, 4.69) is 15.4 Å². The van der Waals surface area contributed by atoms with Crippen LogP contribution in [0.25, 0.3) is 0 Å². The normalized spacial score (nSPS) is 14.2. The first-order chi connectivity index (χ1) is 11.3. The number of carbonyl (C=O) groups excluding carboxylic acids is 1. The number of sulfonamides is 1. The Kier molecular flexibility index (Phi) is 5.73. The molecule has 0 saturated heterocycles. The fraction of sp³-hybridized carbons (Fsp3) is 0.429.